The van der Waals surface area contributed by atoms with E-state index < -0.39 is 0 Å². The quantitative estimate of drug-likeness (QED) is 0.805. The second-order valence-corrected chi connectivity index (χ2v) is 5.53. The van der Waals surface area contributed by atoms with E-state index in [9.17, 15) is 0 Å². The van der Waals surface area contributed by atoms with Gasteiger partial charge < -0.3 is 4.52 Å². The van der Waals surface area contributed by atoms with Crippen molar-refractivity contribution >= 4 is 11.8 Å². The Balaban J connectivity index is 1.94. The van der Waals surface area contributed by atoms with Crippen LogP contribution in [0, 0.1) is 17.2 Å². The zero-order chi connectivity index (χ0) is 11.4. The third kappa shape index (κ3) is 2.76. The van der Waals surface area contributed by atoms with Crippen LogP contribution in [0.25, 0.3) is 0 Å². The van der Waals surface area contributed by atoms with E-state index in [1.165, 1.54) is 12.2 Å². The minimum atomic E-state index is 0.287. The highest BCUT2D eigenvalue weighted by Crippen LogP contribution is 2.38. The van der Waals surface area contributed by atoms with Gasteiger partial charge in [-0.1, -0.05) is 12.1 Å². The van der Waals surface area contributed by atoms with Gasteiger partial charge in [0.05, 0.1) is 11.3 Å². The molecule has 0 N–H and O–H groups in total. The molecule has 1 fully saturated rings. The van der Waals surface area contributed by atoms with Crippen LogP contribution < -0.4 is 0 Å². The van der Waals surface area contributed by atoms with Crippen molar-refractivity contribution in [2.45, 2.75) is 37.9 Å². The van der Waals surface area contributed by atoms with Crippen LogP contribution in [0.3, 0.4) is 0 Å². The molecule has 2 atom stereocenters. The maximum absolute atomic E-state index is 8.57. The molecule has 16 heavy (non-hydrogen) atoms. The monoisotopic (exact) mass is 237 g/mol. The normalized spacial score (nSPS) is 21.9. The Bertz CT molecular complexity index is 379. The maximum Gasteiger partial charge on any atom is 0.226 e. The highest BCUT2D eigenvalue weighted by atomic mass is 32.2. The highest BCUT2D eigenvalue weighted by molar-refractivity contribution is 7.99. The summed E-state index contributed by atoms with van der Waals surface area (Å²) in [5, 5.41) is 13.0. The SMILES string of the molecule is CC(CC#N)Cc1nc(C2CCCS2)no1. The lowest BCUT2D eigenvalue weighted by atomic mass is 10.1. The predicted octanol–water partition coefficient (Wildman–Crippen LogP) is 2.73. The second kappa shape index (κ2) is 5.35. The third-order valence-electron chi connectivity index (χ3n) is 2.66. The topological polar surface area (TPSA) is 62.7 Å². The number of nitrogens with zero attached hydrogens (tertiary/aromatic N) is 3. The summed E-state index contributed by atoms with van der Waals surface area (Å²) in [5.74, 6) is 2.99. The van der Waals surface area contributed by atoms with Crippen molar-refractivity contribution in [1.82, 2.24) is 10.1 Å². The van der Waals surface area contributed by atoms with Crippen LogP contribution in [-0.2, 0) is 6.42 Å². The molecule has 1 aliphatic heterocycles. The third-order valence-corrected chi connectivity index (χ3v) is 4.04. The molecule has 4 nitrogen and oxygen atoms in total. The molecule has 86 valence electrons. The van der Waals surface area contributed by atoms with E-state index in [4.69, 9.17) is 9.78 Å². The molecule has 2 unspecified atom stereocenters. The first-order valence-corrected chi connectivity index (χ1v) is 6.65. The molecule has 0 spiro atoms. The van der Waals surface area contributed by atoms with Crippen LogP contribution in [0.4, 0.5) is 0 Å². The van der Waals surface area contributed by atoms with Gasteiger partial charge >= 0.3 is 0 Å². The van der Waals surface area contributed by atoms with E-state index in [0.717, 1.165) is 12.2 Å². The fourth-order valence-electron chi connectivity index (χ4n) is 1.79. The lowest BCUT2D eigenvalue weighted by Crippen LogP contribution is -1.99. The van der Waals surface area contributed by atoms with Crippen molar-refractivity contribution in [2.24, 2.45) is 5.92 Å². The summed E-state index contributed by atoms with van der Waals surface area (Å²) in [5.41, 5.74) is 0. The first-order valence-electron chi connectivity index (χ1n) is 5.60. The molecule has 0 radical (unpaired) electrons. The molecule has 0 aromatic carbocycles. The van der Waals surface area contributed by atoms with Crippen molar-refractivity contribution in [2.75, 3.05) is 5.75 Å². The summed E-state index contributed by atoms with van der Waals surface area (Å²) in [6.45, 7) is 2.03. The van der Waals surface area contributed by atoms with Crippen LogP contribution in [0.1, 0.15) is 43.2 Å². The summed E-state index contributed by atoms with van der Waals surface area (Å²) < 4.78 is 5.21. The number of thioether (sulfide) groups is 1. The largest absolute Gasteiger partial charge is 0.339 e. The lowest BCUT2D eigenvalue weighted by molar-refractivity contribution is 0.354. The van der Waals surface area contributed by atoms with E-state index in [1.54, 1.807) is 0 Å². The fraction of sp³-hybridized carbons (Fsp3) is 0.727. The van der Waals surface area contributed by atoms with Gasteiger partial charge in [-0.2, -0.15) is 22.0 Å². The molecular weight excluding hydrogens is 222 g/mol. The Morgan fingerprint density at radius 3 is 3.25 bits per heavy atom. The molecule has 2 heterocycles. The first-order chi connectivity index (χ1) is 7.79. The molecule has 0 aliphatic carbocycles. The average molecular weight is 237 g/mol. The van der Waals surface area contributed by atoms with Gasteiger partial charge in [0, 0.05) is 12.8 Å². The lowest BCUT2D eigenvalue weighted by Gasteiger charge is -2.01. The Labute approximate surface area is 99.4 Å². The summed E-state index contributed by atoms with van der Waals surface area (Å²) >= 11 is 1.90. The van der Waals surface area contributed by atoms with Crippen LogP contribution in [0.15, 0.2) is 4.52 Å². The van der Waals surface area contributed by atoms with Crippen molar-refractivity contribution in [1.29, 1.82) is 5.26 Å². The number of hydrogen-bond donors (Lipinski definition) is 0. The molecule has 0 saturated carbocycles. The summed E-state index contributed by atoms with van der Waals surface area (Å²) in [6, 6.07) is 2.16. The maximum atomic E-state index is 8.57. The van der Waals surface area contributed by atoms with E-state index in [2.05, 4.69) is 16.2 Å². The van der Waals surface area contributed by atoms with Crippen molar-refractivity contribution < 1.29 is 4.52 Å². The Morgan fingerprint density at radius 2 is 2.56 bits per heavy atom. The molecule has 1 aromatic rings. The van der Waals surface area contributed by atoms with E-state index in [-0.39, 0.29) is 5.92 Å². The Hall–Kier alpha value is -1.02. The van der Waals surface area contributed by atoms with Gasteiger partial charge in [-0.05, 0) is 24.5 Å². The van der Waals surface area contributed by atoms with Gasteiger partial charge in [-0.3, -0.25) is 0 Å². The molecule has 2 rings (SSSR count). The summed E-state index contributed by atoms with van der Waals surface area (Å²) in [7, 11) is 0. The molecule has 1 saturated heterocycles. The van der Waals surface area contributed by atoms with Crippen LogP contribution >= 0.6 is 11.8 Å². The molecule has 1 aliphatic rings. The van der Waals surface area contributed by atoms with Crippen molar-refractivity contribution in [3.05, 3.63) is 11.7 Å². The van der Waals surface area contributed by atoms with E-state index in [0.29, 0.717) is 24.0 Å². The van der Waals surface area contributed by atoms with Gasteiger partial charge in [0.15, 0.2) is 5.82 Å². The average Bonchev–Trinajstić information content (AvgIpc) is 2.86. The van der Waals surface area contributed by atoms with Crippen molar-refractivity contribution in [3.63, 3.8) is 0 Å². The van der Waals surface area contributed by atoms with Gasteiger partial charge in [-0.15, -0.1) is 0 Å². The Kier molecular flexibility index (Phi) is 3.83. The minimum Gasteiger partial charge on any atom is -0.339 e. The zero-order valence-corrected chi connectivity index (χ0v) is 10.2. The van der Waals surface area contributed by atoms with Gasteiger partial charge in [-0.25, -0.2) is 0 Å². The smallest absolute Gasteiger partial charge is 0.226 e. The summed E-state index contributed by atoms with van der Waals surface area (Å²) in [4.78, 5) is 4.41. The summed E-state index contributed by atoms with van der Waals surface area (Å²) in [6.07, 6.45) is 3.63. The fourth-order valence-corrected chi connectivity index (χ4v) is 2.99. The number of hydrogen-bond acceptors (Lipinski definition) is 5. The van der Waals surface area contributed by atoms with E-state index >= 15 is 0 Å². The number of aromatic nitrogens is 2. The minimum absolute atomic E-state index is 0.287. The molecule has 1 aromatic heterocycles. The molecular formula is C11H15N3OS. The standard InChI is InChI=1S/C11H15N3OS/c1-8(4-5-12)7-10-13-11(14-15-10)9-3-2-6-16-9/h8-9H,2-4,6-7H2,1H3. The van der Waals surface area contributed by atoms with Gasteiger partial charge in [0.1, 0.15) is 0 Å². The Morgan fingerprint density at radius 1 is 1.69 bits per heavy atom. The second-order valence-electron chi connectivity index (χ2n) is 4.22. The van der Waals surface area contributed by atoms with Crippen LogP contribution in [-0.4, -0.2) is 15.9 Å². The molecule has 5 heteroatoms. The van der Waals surface area contributed by atoms with E-state index in [1.807, 2.05) is 18.7 Å². The van der Waals surface area contributed by atoms with Crippen LogP contribution in [0.2, 0.25) is 0 Å². The highest BCUT2D eigenvalue weighted by Gasteiger charge is 2.23. The van der Waals surface area contributed by atoms with Crippen molar-refractivity contribution in [3.8, 4) is 6.07 Å². The molecule has 0 amide bonds. The first kappa shape index (κ1) is 11.5. The van der Waals surface area contributed by atoms with Gasteiger partial charge in [0.25, 0.3) is 0 Å². The van der Waals surface area contributed by atoms with Gasteiger partial charge in [0.2, 0.25) is 5.89 Å². The predicted molar refractivity (Wildman–Crippen MR) is 61.8 cm³/mol. The van der Waals surface area contributed by atoms with Crippen LogP contribution in [0.5, 0.6) is 0 Å². The number of rotatable bonds is 4. The zero-order valence-electron chi connectivity index (χ0n) is 9.35. The number of nitriles is 1. The molecule has 0 bridgehead atoms.